The largest absolute Gasteiger partial charge is 0.377 e. The summed E-state index contributed by atoms with van der Waals surface area (Å²) in [5, 5.41) is 3.46. The number of ether oxygens (including phenoxy) is 1. The summed E-state index contributed by atoms with van der Waals surface area (Å²) >= 11 is 0. The molecule has 0 radical (unpaired) electrons. The van der Waals surface area contributed by atoms with Crippen LogP contribution in [0.1, 0.15) is 39.3 Å². The van der Waals surface area contributed by atoms with E-state index in [2.05, 4.69) is 19.2 Å². The maximum absolute atomic E-state index is 12.8. The van der Waals surface area contributed by atoms with Gasteiger partial charge in [-0.05, 0) is 45.4 Å². The van der Waals surface area contributed by atoms with Crippen LogP contribution in [0.5, 0.6) is 0 Å². The van der Waals surface area contributed by atoms with Crippen molar-refractivity contribution in [3.63, 3.8) is 0 Å². The highest BCUT2D eigenvalue weighted by Gasteiger charge is 2.26. The monoisotopic (exact) mass is 239 g/mol. The number of rotatable bonds is 5. The van der Waals surface area contributed by atoms with Crippen molar-refractivity contribution in [3.8, 4) is 0 Å². The fourth-order valence-corrected chi connectivity index (χ4v) is 1.60. The van der Waals surface area contributed by atoms with Crippen LogP contribution in [0.4, 0.5) is 4.39 Å². The molecular formula is C14H22FNO. The Morgan fingerprint density at radius 2 is 1.71 bits per heavy atom. The number of benzene rings is 1. The molecule has 2 nitrogen and oxygen atoms in total. The van der Waals surface area contributed by atoms with Crippen molar-refractivity contribution in [2.45, 2.75) is 45.4 Å². The van der Waals surface area contributed by atoms with Crippen LogP contribution in [0.3, 0.4) is 0 Å². The van der Waals surface area contributed by atoms with E-state index in [4.69, 9.17) is 4.74 Å². The lowest BCUT2D eigenvalue weighted by Crippen LogP contribution is -2.46. The molecule has 1 unspecified atom stereocenters. The fraction of sp³-hybridized carbons (Fsp3) is 0.571. The molecule has 0 fully saturated rings. The van der Waals surface area contributed by atoms with Crippen molar-refractivity contribution in [3.05, 3.63) is 35.6 Å². The van der Waals surface area contributed by atoms with E-state index < -0.39 is 0 Å². The first-order valence-electron chi connectivity index (χ1n) is 5.93. The smallest absolute Gasteiger partial charge is 0.123 e. The molecule has 0 saturated carbocycles. The van der Waals surface area contributed by atoms with E-state index in [1.807, 2.05) is 13.8 Å². The maximum Gasteiger partial charge on any atom is 0.123 e. The molecule has 1 aromatic carbocycles. The highest BCUT2D eigenvalue weighted by molar-refractivity contribution is 5.19. The average molecular weight is 239 g/mol. The molecule has 0 amide bonds. The Labute approximate surface area is 103 Å². The lowest BCUT2D eigenvalue weighted by molar-refractivity contribution is -0.00764. The molecule has 1 aromatic rings. The van der Waals surface area contributed by atoms with Gasteiger partial charge in [0.25, 0.3) is 0 Å². The van der Waals surface area contributed by atoms with Gasteiger partial charge in [-0.15, -0.1) is 0 Å². The molecule has 2 atom stereocenters. The van der Waals surface area contributed by atoms with E-state index in [9.17, 15) is 4.39 Å². The summed E-state index contributed by atoms with van der Waals surface area (Å²) in [5.41, 5.74) is 0.846. The molecule has 3 heteroatoms. The Kier molecular flexibility index (Phi) is 4.66. The number of hydrogen-bond donors (Lipinski definition) is 1. The van der Waals surface area contributed by atoms with Crippen molar-refractivity contribution >= 4 is 0 Å². The Hall–Kier alpha value is -0.930. The van der Waals surface area contributed by atoms with Gasteiger partial charge in [-0.1, -0.05) is 12.1 Å². The van der Waals surface area contributed by atoms with Gasteiger partial charge in [-0.3, -0.25) is 0 Å². The van der Waals surface area contributed by atoms with Crippen LogP contribution in [-0.4, -0.2) is 18.8 Å². The lowest BCUT2D eigenvalue weighted by Gasteiger charge is -2.33. The summed E-state index contributed by atoms with van der Waals surface area (Å²) in [6.07, 6.45) is 0. The zero-order chi connectivity index (χ0) is 13.1. The molecular weight excluding hydrogens is 217 g/mol. The average Bonchev–Trinajstić information content (AvgIpc) is 2.29. The molecule has 0 aliphatic heterocycles. The van der Waals surface area contributed by atoms with Crippen LogP contribution in [0, 0.1) is 5.82 Å². The molecule has 0 bridgehead atoms. The normalized spacial score (nSPS) is 15.6. The summed E-state index contributed by atoms with van der Waals surface area (Å²) < 4.78 is 18.2. The predicted molar refractivity (Wildman–Crippen MR) is 68.5 cm³/mol. The topological polar surface area (TPSA) is 21.3 Å². The third-order valence-electron chi connectivity index (χ3n) is 3.44. The predicted octanol–water partition coefficient (Wildman–Crippen LogP) is 3.29. The van der Waals surface area contributed by atoms with Gasteiger partial charge in [-0.2, -0.15) is 0 Å². The summed E-state index contributed by atoms with van der Waals surface area (Å²) in [7, 11) is 1.71. The van der Waals surface area contributed by atoms with Crippen molar-refractivity contribution in [1.82, 2.24) is 5.32 Å². The van der Waals surface area contributed by atoms with Gasteiger partial charge in [0, 0.05) is 19.2 Å². The molecule has 1 N–H and O–H groups in total. The summed E-state index contributed by atoms with van der Waals surface area (Å²) in [5.74, 6) is -0.203. The van der Waals surface area contributed by atoms with E-state index in [1.54, 1.807) is 19.2 Å². The van der Waals surface area contributed by atoms with Gasteiger partial charge in [0.15, 0.2) is 0 Å². The van der Waals surface area contributed by atoms with E-state index in [0.717, 1.165) is 5.56 Å². The van der Waals surface area contributed by atoms with Crippen LogP contribution in [-0.2, 0) is 4.74 Å². The molecule has 1 rings (SSSR count). The van der Waals surface area contributed by atoms with E-state index in [-0.39, 0.29) is 23.5 Å². The minimum atomic E-state index is -0.228. The van der Waals surface area contributed by atoms with Gasteiger partial charge >= 0.3 is 0 Å². The van der Waals surface area contributed by atoms with Crippen LogP contribution < -0.4 is 5.32 Å². The first kappa shape index (κ1) is 14.1. The third kappa shape index (κ3) is 3.79. The third-order valence-corrected chi connectivity index (χ3v) is 3.44. The van der Waals surface area contributed by atoms with Gasteiger partial charge in [0.1, 0.15) is 5.82 Å². The van der Waals surface area contributed by atoms with E-state index >= 15 is 0 Å². The van der Waals surface area contributed by atoms with Gasteiger partial charge in [-0.25, -0.2) is 4.39 Å². The SMILES string of the molecule is COC(C)(C)C(C)N[C@@H](C)c1ccc(F)cc1. The first-order valence-corrected chi connectivity index (χ1v) is 5.93. The minimum Gasteiger partial charge on any atom is -0.377 e. The second-order valence-corrected chi connectivity index (χ2v) is 4.97. The number of hydrogen-bond acceptors (Lipinski definition) is 2. The van der Waals surface area contributed by atoms with Crippen molar-refractivity contribution in [1.29, 1.82) is 0 Å². The zero-order valence-corrected chi connectivity index (χ0v) is 11.3. The van der Waals surface area contributed by atoms with Crippen molar-refractivity contribution in [2.75, 3.05) is 7.11 Å². The second kappa shape index (κ2) is 5.61. The molecule has 0 aromatic heterocycles. The maximum atomic E-state index is 12.8. The number of methoxy groups -OCH3 is 1. The van der Waals surface area contributed by atoms with Gasteiger partial charge in [0.05, 0.1) is 5.60 Å². The molecule has 17 heavy (non-hydrogen) atoms. The molecule has 96 valence electrons. The number of halogens is 1. The van der Waals surface area contributed by atoms with E-state index in [0.29, 0.717) is 0 Å². The lowest BCUT2D eigenvalue weighted by atomic mass is 9.98. The molecule has 0 spiro atoms. The fourth-order valence-electron chi connectivity index (χ4n) is 1.60. The Morgan fingerprint density at radius 3 is 2.18 bits per heavy atom. The minimum absolute atomic E-state index is 0.167. The second-order valence-electron chi connectivity index (χ2n) is 4.97. The standard InChI is InChI=1S/C14H22FNO/c1-10(12-6-8-13(15)9-7-12)16-11(2)14(3,4)17-5/h6-11,16H,1-5H3/t10-,11?/m0/s1. The Bertz CT molecular complexity index is 348. The zero-order valence-electron chi connectivity index (χ0n) is 11.3. The van der Waals surface area contributed by atoms with Crippen molar-refractivity contribution < 1.29 is 9.13 Å². The molecule has 0 aliphatic rings. The first-order chi connectivity index (χ1) is 7.86. The van der Waals surface area contributed by atoms with Gasteiger partial charge in [0.2, 0.25) is 0 Å². The molecule has 0 heterocycles. The summed E-state index contributed by atoms with van der Waals surface area (Å²) in [6.45, 7) is 8.24. The van der Waals surface area contributed by atoms with Crippen molar-refractivity contribution in [2.24, 2.45) is 0 Å². The molecule has 0 saturated heterocycles. The van der Waals surface area contributed by atoms with Crippen LogP contribution >= 0.6 is 0 Å². The summed E-state index contributed by atoms with van der Waals surface area (Å²) in [4.78, 5) is 0. The highest BCUT2D eigenvalue weighted by atomic mass is 19.1. The van der Waals surface area contributed by atoms with E-state index in [1.165, 1.54) is 12.1 Å². The van der Waals surface area contributed by atoms with Crippen LogP contribution in [0.25, 0.3) is 0 Å². The van der Waals surface area contributed by atoms with Gasteiger partial charge < -0.3 is 10.1 Å². The number of nitrogens with one attached hydrogen (secondary N) is 1. The van der Waals surface area contributed by atoms with Crippen LogP contribution in [0.2, 0.25) is 0 Å². The highest BCUT2D eigenvalue weighted by Crippen LogP contribution is 2.19. The molecule has 0 aliphatic carbocycles. The quantitative estimate of drug-likeness (QED) is 0.851. The van der Waals surface area contributed by atoms with Crippen LogP contribution in [0.15, 0.2) is 24.3 Å². The Morgan fingerprint density at radius 1 is 1.18 bits per heavy atom. The summed E-state index contributed by atoms with van der Waals surface area (Å²) in [6, 6.07) is 6.95. The Balaban J connectivity index is 2.66.